The quantitative estimate of drug-likeness (QED) is 0.534. The lowest BCUT2D eigenvalue weighted by Crippen LogP contribution is -2.31. The van der Waals surface area contributed by atoms with Crippen LogP contribution in [0.15, 0.2) is 54.6 Å². The number of nitrogens with one attached hydrogen (secondary N) is 1. The summed E-state index contributed by atoms with van der Waals surface area (Å²) in [6.45, 7) is 5.67. The van der Waals surface area contributed by atoms with Crippen molar-refractivity contribution >= 4 is 28.1 Å². The minimum Gasteiger partial charge on any atom is -0.380 e. The average Bonchev–Trinajstić information content (AvgIpc) is 3.39. The molecule has 5 rings (SSSR count). The number of aromatic nitrogens is 3. The van der Waals surface area contributed by atoms with Gasteiger partial charge in [0.05, 0.1) is 5.52 Å². The summed E-state index contributed by atoms with van der Waals surface area (Å²) in [5.74, 6) is 0.210. The van der Waals surface area contributed by atoms with Crippen molar-refractivity contribution in [2.75, 3.05) is 18.4 Å². The second-order valence-corrected chi connectivity index (χ2v) is 8.35. The third kappa shape index (κ3) is 3.74. The number of hydrogen-bond acceptors (Lipinski definition) is 4. The molecule has 1 atom stereocenters. The summed E-state index contributed by atoms with van der Waals surface area (Å²) in [7, 11) is 0. The number of likely N-dealkylation sites (tertiary alicyclic amines) is 1. The zero-order valence-electron chi connectivity index (χ0n) is 18.0. The summed E-state index contributed by atoms with van der Waals surface area (Å²) < 4.78 is 1.92. The van der Waals surface area contributed by atoms with Crippen LogP contribution in [0, 0.1) is 13.8 Å². The van der Waals surface area contributed by atoms with Gasteiger partial charge in [0, 0.05) is 48.0 Å². The highest BCUT2D eigenvalue weighted by Gasteiger charge is 2.26. The van der Waals surface area contributed by atoms with E-state index in [1.54, 1.807) is 0 Å². The summed E-state index contributed by atoms with van der Waals surface area (Å²) in [6, 6.07) is 18.6. The number of carbonyl (C=O) groups excluding carboxylic acids is 1. The molecule has 1 unspecified atom stereocenters. The van der Waals surface area contributed by atoms with Gasteiger partial charge in [0.2, 0.25) is 5.91 Å². The normalized spacial score (nSPS) is 16.3. The molecule has 0 radical (unpaired) electrons. The lowest BCUT2D eigenvalue weighted by molar-refractivity contribution is -0.130. The Morgan fingerprint density at radius 2 is 1.87 bits per heavy atom. The topological polar surface area (TPSA) is 62.5 Å². The molecular formula is C25H27N5O. The molecule has 0 spiro atoms. The third-order valence-electron chi connectivity index (χ3n) is 6.29. The van der Waals surface area contributed by atoms with Gasteiger partial charge in [-0.15, -0.1) is 0 Å². The van der Waals surface area contributed by atoms with Gasteiger partial charge in [-0.3, -0.25) is 4.79 Å². The smallest absolute Gasteiger partial charge is 0.222 e. The lowest BCUT2D eigenvalue weighted by atomic mass is 10.1. The van der Waals surface area contributed by atoms with Crippen molar-refractivity contribution in [1.29, 1.82) is 0 Å². The highest BCUT2D eigenvalue weighted by atomic mass is 16.2. The van der Waals surface area contributed by atoms with Gasteiger partial charge < -0.3 is 10.2 Å². The van der Waals surface area contributed by atoms with E-state index in [0.29, 0.717) is 18.9 Å². The Bertz CT molecular complexity index is 1250. The Morgan fingerprint density at radius 1 is 1.10 bits per heavy atom. The predicted octanol–water partition coefficient (Wildman–Crippen LogP) is 4.14. The van der Waals surface area contributed by atoms with Crippen LogP contribution in [0.3, 0.4) is 0 Å². The molecular weight excluding hydrogens is 386 g/mol. The van der Waals surface area contributed by atoms with E-state index in [-0.39, 0.29) is 5.91 Å². The molecule has 1 aliphatic heterocycles. The largest absolute Gasteiger partial charge is 0.380 e. The Kier molecular flexibility index (Phi) is 5.06. The van der Waals surface area contributed by atoms with Gasteiger partial charge in [-0.2, -0.15) is 5.10 Å². The van der Waals surface area contributed by atoms with E-state index < -0.39 is 0 Å². The molecule has 31 heavy (non-hydrogen) atoms. The van der Waals surface area contributed by atoms with Crippen LogP contribution in [0.25, 0.3) is 16.6 Å². The first-order chi connectivity index (χ1) is 15.1. The van der Waals surface area contributed by atoms with Gasteiger partial charge in [-0.05, 0) is 56.5 Å². The van der Waals surface area contributed by atoms with Crippen LogP contribution in [0.1, 0.15) is 29.8 Å². The van der Waals surface area contributed by atoms with Crippen LogP contribution in [-0.2, 0) is 11.2 Å². The number of aryl methyl sites for hydroxylation is 2. The summed E-state index contributed by atoms with van der Waals surface area (Å²) in [5, 5.41) is 9.32. The van der Waals surface area contributed by atoms with Crippen LogP contribution in [0.2, 0.25) is 0 Å². The van der Waals surface area contributed by atoms with Crippen LogP contribution in [-0.4, -0.2) is 44.5 Å². The number of para-hydroxylation sites is 1. The fraction of sp³-hybridized carbons (Fsp3) is 0.320. The Balaban J connectivity index is 1.27. The zero-order valence-corrected chi connectivity index (χ0v) is 18.0. The number of benzene rings is 2. The monoisotopic (exact) mass is 413 g/mol. The van der Waals surface area contributed by atoms with Crippen molar-refractivity contribution in [3.05, 3.63) is 71.5 Å². The fourth-order valence-corrected chi connectivity index (χ4v) is 4.60. The molecule has 1 aliphatic rings. The van der Waals surface area contributed by atoms with Crippen molar-refractivity contribution in [2.45, 2.75) is 39.2 Å². The molecule has 6 heteroatoms. The molecule has 0 aliphatic carbocycles. The van der Waals surface area contributed by atoms with Gasteiger partial charge in [0.1, 0.15) is 0 Å². The van der Waals surface area contributed by atoms with Crippen LogP contribution < -0.4 is 5.32 Å². The second-order valence-electron chi connectivity index (χ2n) is 8.35. The zero-order chi connectivity index (χ0) is 21.4. The standard InChI is InChI=1S/C25H27N5O/c1-17-21(18(2)30-25(26-17)22-10-6-7-11-23(22)28-30)12-13-24(31)29-15-14-20(16-29)27-19-8-4-3-5-9-19/h3-11,20,27H,12-16H2,1-2H3. The summed E-state index contributed by atoms with van der Waals surface area (Å²) in [4.78, 5) is 19.7. The van der Waals surface area contributed by atoms with E-state index in [4.69, 9.17) is 10.1 Å². The van der Waals surface area contributed by atoms with Crippen molar-refractivity contribution < 1.29 is 4.79 Å². The molecule has 3 heterocycles. The maximum atomic E-state index is 12.9. The number of fused-ring (bicyclic) bond motifs is 3. The highest BCUT2D eigenvalue weighted by molar-refractivity contribution is 5.92. The maximum Gasteiger partial charge on any atom is 0.222 e. The highest BCUT2D eigenvalue weighted by Crippen LogP contribution is 2.23. The van der Waals surface area contributed by atoms with Gasteiger partial charge in [-0.25, -0.2) is 9.50 Å². The summed E-state index contributed by atoms with van der Waals surface area (Å²) in [6.07, 6.45) is 2.16. The third-order valence-corrected chi connectivity index (χ3v) is 6.29. The number of carbonyl (C=O) groups is 1. The molecule has 158 valence electrons. The molecule has 2 aromatic carbocycles. The van der Waals surface area contributed by atoms with E-state index >= 15 is 0 Å². The van der Waals surface area contributed by atoms with E-state index in [1.807, 2.05) is 52.7 Å². The SMILES string of the molecule is Cc1nc2c3ccccc3nn2c(C)c1CCC(=O)N1CCC(Nc2ccccc2)C1. The lowest BCUT2D eigenvalue weighted by Gasteiger charge is -2.18. The Hall–Kier alpha value is -3.41. The Labute approximate surface area is 181 Å². The van der Waals surface area contributed by atoms with Gasteiger partial charge in [-0.1, -0.05) is 30.3 Å². The molecule has 4 aromatic rings. The first-order valence-corrected chi connectivity index (χ1v) is 10.9. The molecule has 1 fully saturated rings. The molecule has 1 saturated heterocycles. The number of rotatable bonds is 5. The van der Waals surface area contributed by atoms with Gasteiger partial charge in [0.15, 0.2) is 5.65 Å². The van der Waals surface area contributed by atoms with Crippen molar-refractivity contribution in [1.82, 2.24) is 19.5 Å². The predicted molar refractivity (Wildman–Crippen MR) is 123 cm³/mol. The van der Waals surface area contributed by atoms with Crippen molar-refractivity contribution in [3.63, 3.8) is 0 Å². The van der Waals surface area contributed by atoms with Crippen molar-refractivity contribution in [3.8, 4) is 0 Å². The van der Waals surface area contributed by atoms with Gasteiger partial charge in [0.25, 0.3) is 0 Å². The molecule has 1 N–H and O–H groups in total. The summed E-state index contributed by atoms with van der Waals surface area (Å²) in [5.41, 5.74) is 6.10. The van der Waals surface area contributed by atoms with E-state index in [9.17, 15) is 4.79 Å². The van der Waals surface area contributed by atoms with Crippen LogP contribution in [0.4, 0.5) is 5.69 Å². The van der Waals surface area contributed by atoms with E-state index in [0.717, 1.165) is 58.7 Å². The molecule has 2 aromatic heterocycles. The number of anilines is 1. The molecule has 0 saturated carbocycles. The average molecular weight is 414 g/mol. The second kappa shape index (κ2) is 8.02. The molecule has 0 bridgehead atoms. The molecule has 1 amide bonds. The fourth-order valence-electron chi connectivity index (χ4n) is 4.60. The minimum absolute atomic E-state index is 0.210. The number of amides is 1. The number of nitrogens with zero attached hydrogens (tertiary/aromatic N) is 4. The van der Waals surface area contributed by atoms with Crippen molar-refractivity contribution in [2.24, 2.45) is 0 Å². The van der Waals surface area contributed by atoms with E-state index in [1.165, 1.54) is 0 Å². The minimum atomic E-state index is 0.210. The molecule has 6 nitrogen and oxygen atoms in total. The first-order valence-electron chi connectivity index (χ1n) is 10.9. The van der Waals surface area contributed by atoms with Crippen LogP contribution in [0.5, 0.6) is 0 Å². The van der Waals surface area contributed by atoms with E-state index in [2.05, 4.69) is 30.4 Å². The van der Waals surface area contributed by atoms with Gasteiger partial charge >= 0.3 is 0 Å². The Morgan fingerprint density at radius 3 is 2.71 bits per heavy atom. The van der Waals surface area contributed by atoms with Crippen LogP contribution >= 0.6 is 0 Å². The number of hydrogen-bond donors (Lipinski definition) is 1. The summed E-state index contributed by atoms with van der Waals surface area (Å²) >= 11 is 0. The first kappa shape index (κ1) is 19.5. The maximum absolute atomic E-state index is 12.9.